The third kappa shape index (κ3) is 9.19. The van der Waals surface area contributed by atoms with Crippen LogP contribution in [0.1, 0.15) is 175 Å². The summed E-state index contributed by atoms with van der Waals surface area (Å²) in [7, 11) is 0. The van der Waals surface area contributed by atoms with E-state index in [1.165, 1.54) is 77.7 Å². The fraction of sp³-hybridized carbons (Fsp3) is 0.351. The van der Waals surface area contributed by atoms with Gasteiger partial charge in [0, 0.05) is 45.8 Å². The standard InChI is InChI=1S/C74H80N4O.Pt/c1-44-30-31-45(2)63(48(44)5)51-35-52(37-57(36-51)79-62-43-61-58(34-47(62)4)59-41-55(71(12,13)14)42-60-66(59)77(61)68-64(72(60,15)16)46(3)32-33-75-68)67-76-73(17,18)74(19,65(49-26-22-20-23-27-49)50-28-24-21-25-29-50)78(67)56-39-53(69(6,7)8)38-54(40-56)70(9,10)11;/h20-36,38-42,65H,1-19H3;/q-2;+2/t74-;/m0./s1. The van der Waals surface area contributed by atoms with Crippen LogP contribution in [0.5, 0.6) is 11.5 Å². The fourth-order valence-corrected chi connectivity index (χ4v) is 13.1. The van der Waals surface area contributed by atoms with Crippen molar-refractivity contribution < 1.29 is 25.8 Å². The molecule has 0 fully saturated rings. The summed E-state index contributed by atoms with van der Waals surface area (Å²) in [5.74, 6) is 2.96. The van der Waals surface area contributed by atoms with Crippen molar-refractivity contribution in [2.75, 3.05) is 4.90 Å². The van der Waals surface area contributed by atoms with Crippen LogP contribution in [0.3, 0.4) is 0 Å². The number of rotatable bonds is 8. The van der Waals surface area contributed by atoms with E-state index in [1.807, 2.05) is 6.20 Å². The van der Waals surface area contributed by atoms with Crippen molar-refractivity contribution in [1.29, 1.82) is 0 Å². The van der Waals surface area contributed by atoms with Crippen LogP contribution in [-0.4, -0.2) is 26.5 Å². The van der Waals surface area contributed by atoms with E-state index in [0.717, 1.165) is 44.9 Å². The summed E-state index contributed by atoms with van der Waals surface area (Å²) in [5.41, 5.74) is 19.2. The van der Waals surface area contributed by atoms with E-state index < -0.39 is 11.1 Å². The Bertz CT molecular complexity index is 3880. The van der Waals surface area contributed by atoms with Crippen molar-refractivity contribution in [3.8, 4) is 28.4 Å². The summed E-state index contributed by atoms with van der Waals surface area (Å²) in [5, 5.41) is 2.35. The number of aliphatic imine (C=N–C) groups is 1. The molecule has 0 bridgehead atoms. The molecule has 0 aliphatic carbocycles. The number of hydrogen-bond donors (Lipinski definition) is 0. The summed E-state index contributed by atoms with van der Waals surface area (Å²) in [6.07, 6.45) is 1.95. The largest absolute Gasteiger partial charge is 2.00 e. The number of ether oxygens (including phenoxy) is 1. The van der Waals surface area contributed by atoms with E-state index in [1.54, 1.807) is 0 Å². The van der Waals surface area contributed by atoms with Gasteiger partial charge in [-0.2, -0.15) is 6.07 Å². The zero-order valence-electron chi connectivity index (χ0n) is 50.8. The van der Waals surface area contributed by atoms with Gasteiger partial charge in [-0.05, 0) is 149 Å². The van der Waals surface area contributed by atoms with Gasteiger partial charge in [0.05, 0.1) is 16.9 Å². The molecule has 80 heavy (non-hydrogen) atoms. The molecule has 4 heterocycles. The molecule has 0 radical (unpaired) electrons. The average Bonchev–Trinajstić information content (AvgIpc) is 3.31. The van der Waals surface area contributed by atoms with Crippen LogP contribution in [0, 0.1) is 46.8 Å². The first-order valence-corrected chi connectivity index (χ1v) is 28.5. The van der Waals surface area contributed by atoms with Crippen LogP contribution >= 0.6 is 0 Å². The van der Waals surface area contributed by atoms with Gasteiger partial charge in [0.2, 0.25) is 0 Å². The molecular weight excluding hydrogens is 1160 g/mol. The van der Waals surface area contributed by atoms with E-state index in [2.05, 4.69) is 281 Å². The first-order valence-electron chi connectivity index (χ1n) is 28.5. The molecule has 0 saturated heterocycles. The van der Waals surface area contributed by atoms with Gasteiger partial charge in [0.25, 0.3) is 0 Å². The number of nitrogens with zero attached hydrogens (tertiary/aromatic N) is 4. The molecule has 6 heteroatoms. The topological polar surface area (TPSA) is 42.6 Å². The second-order valence-electron chi connectivity index (χ2n) is 27.4. The smallest absolute Gasteiger partial charge is 0.503 e. The predicted molar refractivity (Wildman–Crippen MR) is 333 cm³/mol. The van der Waals surface area contributed by atoms with Crippen molar-refractivity contribution in [3.63, 3.8) is 0 Å². The Kier molecular flexibility index (Phi) is 13.9. The molecule has 2 aliphatic rings. The van der Waals surface area contributed by atoms with Crippen LogP contribution in [0.2, 0.25) is 0 Å². The SMILES string of the molecule is Cc1cc2c3cc(C(C)(C)C)cc4c3n(c2[c-]c1Oc1[c-]c(C2=NC(C)(C)[C@](C)(C(c3ccccc3)c3ccccc3)N2c2cc(C(C)(C)C)cc(C(C)(C)C)c2)cc(-c2c(C)ccc(C)c2C)c1)-c1nccc(C)c1C4(C)C.[Pt+2]. The fourth-order valence-electron chi connectivity index (χ4n) is 13.1. The van der Waals surface area contributed by atoms with Gasteiger partial charge in [0.1, 0.15) is 5.82 Å². The second kappa shape index (κ2) is 19.6. The summed E-state index contributed by atoms with van der Waals surface area (Å²) < 4.78 is 9.76. The monoisotopic (exact) mass is 1240 g/mol. The average molecular weight is 1240 g/mol. The molecule has 0 unspecified atom stereocenters. The van der Waals surface area contributed by atoms with Crippen molar-refractivity contribution >= 4 is 33.3 Å². The summed E-state index contributed by atoms with van der Waals surface area (Å²) >= 11 is 0. The Labute approximate surface area is 492 Å². The molecule has 9 aromatic rings. The van der Waals surface area contributed by atoms with Crippen molar-refractivity contribution in [1.82, 2.24) is 9.55 Å². The molecular formula is C74H80N4OPt. The van der Waals surface area contributed by atoms with Crippen LogP contribution in [0.15, 0.2) is 139 Å². The van der Waals surface area contributed by atoms with Crippen molar-refractivity contribution in [2.24, 2.45) is 4.99 Å². The van der Waals surface area contributed by atoms with Gasteiger partial charge in [-0.1, -0.05) is 197 Å². The van der Waals surface area contributed by atoms with Crippen molar-refractivity contribution in [3.05, 3.63) is 218 Å². The molecule has 412 valence electrons. The Morgan fingerprint density at radius 3 is 1.74 bits per heavy atom. The van der Waals surface area contributed by atoms with E-state index in [4.69, 9.17) is 14.7 Å². The van der Waals surface area contributed by atoms with Gasteiger partial charge >= 0.3 is 21.1 Å². The molecule has 2 aliphatic heterocycles. The number of hydrogen-bond acceptors (Lipinski definition) is 4. The zero-order valence-corrected chi connectivity index (χ0v) is 53.1. The van der Waals surface area contributed by atoms with Gasteiger partial charge in [-0.25, -0.2) is 4.98 Å². The first-order chi connectivity index (χ1) is 37.0. The van der Waals surface area contributed by atoms with Gasteiger partial charge < -0.3 is 19.2 Å². The van der Waals surface area contributed by atoms with Crippen molar-refractivity contribution in [2.45, 2.75) is 170 Å². The Morgan fingerprint density at radius 1 is 0.575 bits per heavy atom. The van der Waals surface area contributed by atoms with E-state index in [-0.39, 0.29) is 48.6 Å². The van der Waals surface area contributed by atoms with Crippen LogP contribution in [-0.2, 0) is 42.7 Å². The number of benzene rings is 7. The number of pyridine rings is 1. The second-order valence-corrected chi connectivity index (χ2v) is 27.4. The minimum Gasteiger partial charge on any atom is -0.503 e. The minimum absolute atomic E-state index is 0. The van der Waals surface area contributed by atoms with Crippen LogP contribution < -0.4 is 9.64 Å². The van der Waals surface area contributed by atoms with Crippen LogP contribution in [0.25, 0.3) is 38.8 Å². The Hall–Kier alpha value is -6.55. The van der Waals surface area contributed by atoms with Gasteiger partial charge in [0.15, 0.2) is 0 Å². The normalized spacial score (nSPS) is 16.8. The molecule has 0 saturated carbocycles. The Morgan fingerprint density at radius 2 is 1.15 bits per heavy atom. The van der Waals surface area contributed by atoms with Crippen LogP contribution in [0.4, 0.5) is 5.69 Å². The predicted octanol–water partition coefficient (Wildman–Crippen LogP) is 18.9. The molecule has 0 spiro atoms. The molecule has 5 nitrogen and oxygen atoms in total. The summed E-state index contributed by atoms with van der Waals surface area (Å²) in [6, 6.07) is 55.6. The van der Waals surface area contributed by atoms with Gasteiger partial charge in [-0.15, -0.1) is 28.6 Å². The number of aromatic nitrogens is 2. The molecule has 7 aromatic carbocycles. The maximum atomic E-state index is 7.40. The Balaban J connectivity index is 0.00000720. The number of aryl methyl sites for hydroxylation is 4. The minimum atomic E-state index is -0.659. The van der Waals surface area contributed by atoms with E-state index in [9.17, 15) is 0 Å². The quantitative estimate of drug-likeness (QED) is 0.142. The number of anilines is 1. The molecule has 0 N–H and O–H groups in total. The zero-order chi connectivity index (χ0) is 56.7. The van der Waals surface area contributed by atoms with E-state index >= 15 is 0 Å². The number of amidine groups is 1. The molecule has 0 amide bonds. The molecule has 1 atom stereocenters. The molecule has 2 aromatic heterocycles. The first kappa shape index (κ1) is 56.7. The number of fused-ring (bicyclic) bond motifs is 5. The summed E-state index contributed by atoms with van der Waals surface area (Å²) in [4.78, 5) is 13.8. The maximum absolute atomic E-state index is 7.40. The van der Waals surface area contributed by atoms with E-state index in [0.29, 0.717) is 11.5 Å². The third-order valence-corrected chi connectivity index (χ3v) is 18.1. The third-order valence-electron chi connectivity index (χ3n) is 18.1. The molecule has 11 rings (SSSR count). The maximum Gasteiger partial charge on any atom is 2.00 e. The summed E-state index contributed by atoms with van der Waals surface area (Å²) in [6.45, 7) is 43.7. The van der Waals surface area contributed by atoms with Gasteiger partial charge in [-0.3, -0.25) is 0 Å².